The number of rotatable bonds is 7. The van der Waals surface area contributed by atoms with E-state index in [9.17, 15) is 0 Å². The van der Waals surface area contributed by atoms with Crippen LogP contribution in [-0.2, 0) is 10.3 Å². The lowest BCUT2D eigenvalue weighted by atomic mass is 9.82. The lowest BCUT2D eigenvalue weighted by Gasteiger charge is -2.39. The Labute approximate surface area is 127 Å². The number of unbranched alkanes of at least 4 members (excludes halogenated alkanes) is 2. The second kappa shape index (κ2) is 8.02. The molecule has 1 aliphatic heterocycles. The maximum Gasteiger partial charge on any atom is 0.118 e. The molecule has 1 N–H and O–H groups in total. The Balaban J connectivity index is 2.03. The summed E-state index contributed by atoms with van der Waals surface area (Å²) in [6.45, 7) is 2.52. The Hall–Kier alpha value is -1.57. The van der Waals surface area contributed by atoms with E-state index < -0.39 is 0 Å². The van der Waals surface area contributed by atoms with Crippen molar-refractivity contribution in [1.29, 1.82) is 5.26 Å². The highest BCUT2D eigenvalue weighted by atomic mass is 16.5. The Kier molecular flexibility index (Phi) is 6.04. The van der Waals surface area contributed by atoms with Gasteiger partial charge in [0.2, 0.25) is 0 Å². The van der Waals surface area contributed by atoms with Crippen molar-refractivity contribution in [2.45, 2.75) is 37.6 Å². The number of hydrogen-bond donors (Lipinski definition) is 1. The van der Waals surface area contributed by atoms with Gasteiger partial charge in [-0.25, -0.2) is 0 Å². The molecular formula is C17H24N2O2. The molecule has 1 aliphatic rings. The van der Waals surface area contributed by atoms with Crippen LogP contribution in [0, 0.1) is 11.3 Å². The number of benzene rings is 1. The van der Waals surface area contributed by atoms with Crippen LogP contribution in [0.3, 0.4) is 0 Å². The van der Waals surface area contributed by atoms with Gasteiger partial charge in [0.15, 0.2) is 0 Å². The lowest BCUT2D eigenvalue weighted by Crippen LogP contribution is -2.47. The van der Waals surface area contributed by atoms with Crippen molar-refractivity contribution >= 4 is 0 Å². The predicted octanol–water partition coefficient (Wildman–Crippen LogP) is 2.98. The number of hydrogen-bond acceptors (Lipinski definition) is 4. The maximum absolute atomic E-state index is 8.59. The van der Waals surface area contributed by atoms with E-state index in [-0.39, 0.29) is 5.54 Å². The average Bonchev–Trinajstić information content (AvgIpc) is 2.56. The second-order valence-corrected chi connectivity index (χ2v) is 5.46. The van der Waals surface area contributed by atoms with Gasteiger partial charge < -0.3 is 14.8 Å². The highest BCUT2D eigenvalue weighted by molar-refractivity contribution is 5.32. The van der Waals surface area contributed by atoms with Crippen LogP contribution in [0.2, 0.25) is 0 Å². The molecule has 4 nitrogen and oxygen atoms in total. The predicted molar refractivity (Wildman–Crippen MR) is 82.2 cm³/mol. The third-order valence-electron chi connectivity index (χ3n) is 4.17. The third-order valence-corrected chi connectivity index (χ3v) is 4.17. The van der Waals surface area contributed by atoms with Gasteiger partial charge in [0.1, 0.15) is 5.75 Å². The molecule has 4 heteroatoms. The fraction of sp³-hybridized carbons (Fsp3) is 0.588. The number of nitriles is 1. The molecule has 1 aromatic rings. The minimum Gasteiger partial charge on any atom is -0.497 e. The normalized spacial score (nSPS) is 17.1. The first-order valence-electron chi connectivity index (χ1n) is 7.65. The van der Waals surface area contributed by atoms with Crippen LogP contribution in [0.1, 0.15) is 37.7 Å². The molecule has 0 amide bonds. The molecule has 0 aromatic heterocycles. The van der Waals surface area contributed by atoms with Crippen LogP contribution < -0.4 is 10.1 Å². The highest BCUT2D eigenvalue weighted by Gasteiger charge is 2.33. The van der Waals surface area contributed by atoms with Crippen LogP contribution >= 0.6 is 0 Å². The molecule has 0 radical (unpaired) electrons. The lowest BCUT2D eigenvalue weighted by molar-refractivity contribution is 0.0365. The molecule has 114 valence electrons. The summed E-state index contributed by atoms with van der Waals surface area (Å²) >= 11 is 0. The molecule has 0 bridgehead atoms. The van der Waals surface area contributed by atoms with Crippen LogP contribution in [-0.4, -0.2) is 26.9 Å². The standard InChI is InChI=1S/C17H24N2O2/c1-20-16-7-5-15(6-8-16)17(9-13-21-14-10-17)19-12-4-2-3-11-18/h5-8,19H,2-4,9-10,12-14H2,1H3. The zero-order valence-corrected chi connectivity index (χ0v) is 12.7. The summed E-state index contributed by atoms with van der Waals surface area (Å²) in [6.07, 6.45) is 4.60. The van der Waals surface area contributed by atoms with Crippen molar-refractivity contribution in [3.05, 3.63) is 29.8 Å². The smallest absolute Gasteiger partial charge is 0.118 e. The van der Waals surface area contributed by atoms with E-state index in [2.05, 4.69) is 23.5 Å². The van der Waals surface area contributed by atoms with E-state index in [0.29, 0.717) is 6.42 Å². The summed E-state index contributed by atoms with van der Waals surface area (Å²) in [5.41, 5.74) is 1.30. The zero-order chi connectivity index (χ0) is 15.0. The van der Waals surface area contributed by atoms with Gasteiger partial charge in [0.25, 0.3) is 0 Å². The second-order valence-electron chi connectivity index (χ2n) is 5.46. The molecular weight excluding hydrogens is 264 g/mol. The van der Waals surface area contributed by atoms with Gasteiger partial charge in [0.05, 0.1) is 13.2 Å². The van der Waals surface area contributed by atoms with Crippen molar-refractivity contribution in [3.8, 4) is 11.8 Å². The van der Waals surface area contributed by atoms with E-state index in [1.165, 1.54) is 5.56 Å². The van der Waals surface area contributed by atoms with Gasteiger partial charge in [-0.2, -0.15) is 5.26 Å². The molecule has 21 heavy (non-hydrogen) atoms. The van der Waals surface area contributed by atoms with E-state index >= 15 is 0 Å². The average molecular weight is 288 g/mol. The fourth-order valence-corrected chi connectivity index (χ4v) is 2.85. The largest absolute Gasteiger partial charge is 0.497 e. The third kappa shape index (κ3) is 4.20. The van der Waals surface area contributed by atoms with Gasteiger partial charge in [-0.1, -0.05) is 12.1 Å². The quantitative estimate of drug-likeness (QED) is 0.784. The Morgan fingerprint density at radius 2 is 1.95 bits per heavy atom. The number of nitrogens with zero attached hydrogens (tertiary/aromatic N) is 1. The molecule has 1 heterocycles. The maximum atomic E-state index is 8.59. The molecule has 0 unspecified atom stereocenters. The van der Waals surface area contributed by atoms with Gasteiger partial charge in [-0.3, -0.25) is 0 Å². The number of nitrogens with one attached hydrogen (secondary N) is 1. The Bertz CT molecular complexity index is 459. The zero-order valence-electron chi connectivity index (χ0n) is 12.7. The molecule has 2 rings (SSSR count). The monoisotopic (exact) mass is 288 g/mol. The SMILES string of the molecule is COc1ccc(C2(NCCCCC#N)CCOCC2)cc1. The van der Waals surface area contributed by atoms with Gasteiger partial charge in [0, 0.05) is 25.2 Å². The van der Waals surface area contributed by atoms with Crippen LogP contribution in [0.5, 0.6) is 5.75 Å². The van der Waals surface area contributed by atoms with E-state index in [4.69, 9.17) is 14.7 Å². The Morgan fingerprint density at radius 3 is 2.57 bits per heavy atom. The first kappa shape index (κ1) is 15.8. The summed E-state index contributed by atoms with van der Waals surface area (Å²) in [5.74, 6) is 0.884. The van der Waals surface area contributed by atoms with E-state index in [1.807, 2.05) is 12.1 Å². The van der Waals surface area contributed by atoms with Gasteiger partial charge in [-0.05, 0) is 49.9 Å². The van der Waals surface area contributed by atoms with Crippen LogP contribution in [0.25, 0.3) is 0 Å². The molecule has 0 spiro atoms. The molecule has 0 saturated carbocycles. The molecule has 1 fully saturated rings. The van der Waals surface area contributed by atoms with E-state index in [0.717, 1.165) is 51.2 Å². The molecule has 0 aliphatic carbocycles. The topological polar surface area (TPSA) is 54.3 Å². The number of ether oxygens (including phenoxy) is 2. The minimum atomic E-state index is -0.00281. The van der Waals surface area contributed by atoms with Gasteiger partial charge >= 0.3 is 0 Å². The molecule has 1 saturated heterocycles. The van der Waals surface area contributed by atoms with E-state index in [1.54, 1.807) is 7.11 Å². The van der Waals surface area contributed by atoms with Gasteiger partial charge in [-0.15, -0.1) is 0 Å². The summed E-state index contributed by atoms with van der Waals surface area (Å²) in [7, 11) is 1.69. The molecule has 1 aromatic carbocycles. The first-order chi connectivity index (χ1) is 10.3. The van der Waals surface area contributed by atoms with Crippen molar-refractivity contribution < 1.29 is 9.47 Å². The summed E-state index contributed by atoms with van der Waals surface area (Å²) in [5, 5.41) is 12.3. The van der Waals surface area contributed by atoms with Crippen molar-refractivity contribution in [1.82, 2.24) is 5.32 Å². The van der Waals surface area contributed by atoms with Crippen molar-refractivity contribution in [2.24, 2.45) is 0 Å². The minimum absolute atomic E-state index is 0.00281. The fourth-order valence-electron chi connectivity index (χ4n) is 2.85. The highest BCUT2D eigenvalue weighted by Crippen LogP contribution is 2.33. The Morgan fingerprint density at radius 1 is 1.24 bits per heavy atom. The van der Waals surface area contributed by atoms with Crippen molar-refractivity contribution in [3.63, 3.8) is 0 Å². The summed E-state index contributed by atoms with van der Waals surface area (Å²) in [6, 6.07) is 10.5. The van der Waals surface area contributed by atoms with Crippen molar-refractivity contribution in [2.75, 3.05) is 26.9 Å². The summed E-state index contributed by atoms with van der Waals surface area (Å²) < 4.78 is 10.8. The first-order valence-corrected chi connectivity index (χ1v) is 7.65. The number of methoxy groups -OCH3 is 1. The summed E-state index contributed by atoms with van der Waals surface area (Å²) in [4.78, 5) is 0. The van der Waals surface area contributed by atoms with Crippen LogP contribution in [0.15, 0.2) is 24.3 Å². The molecule has 0 atom stereocenters. The van der Waals surface area contributed by atoms with Crippen LogP contribution in [0.4, 0.5) is 0 Å².